The molecule has 0 aliphatic heterocycles. The number of halogens is 1. The average molecular weight is 197 g/mol. The van der Waals surface area contributed by atoms with Crippen LogP contribution in [0.25, 0.3) is 0 Å². The minimum atomic E-state index is -0.382. The number of nitrogens with zero attached hydrogens (tertiary/aromatic N) is 1. The van der Waals surface area contributed by atoms with Gasteiger partial charge in [-0.05, 0) is 31.9 Å². The molecule has 1 nitrogen and oxygen atoms in total. The van der Waals surface area contributed by atoms with E-state index in [1.54, 1.807) is 0 Å². The third kappa shape index (κ3) is 7.71. The molecule has 0 fully saturated rings. The van der Waals surface area contributed by atoms with Crippen molar-refractivity contribution >= 4 is 6.21 Å². The van der Waals surface area contributed by atoms with E-state index >= 15 is 0 Å². The van der Waals surface area contributed by atoms with Gasteiger partial charge in [0.1, 0.15) is 0 Å². The summed E-state index contributed by atoms with van der Waals surface area (Å²) in [6.07, 6.45) is 8.78. The summed E-state index contributed by atoms with van der Waals surface area (Å²) < 4.78 is 12.9. The highest BCUT2D eigenvalue weighted by atomic mass is 19.1. The zero-order chi connectivity index (χ0) is 10.8. The van der Waals surface area contributed by atoms with Gasteiger partial charge in [0.05, 0.1) is 0 Å². The minimum absolute atomic E-state index is 0.382. The average Bonchev–Trinajstić information content (AvgIpc) is 2.15. The van der Waals surface area contributed by atoms with Gasteiger partial charge in [0.25, 0.3) is 0 Å². The first-order valence-electron chi connectivity index (χ1n) is 5.26. The first-order chi connectivity index (χ1) is 6.70. The third-order valence-corrected chi connectivity index (χ3v) is 1.80. The van der Waals surface area contributed by atoms with Gasteiger partial charge in [-0.3, -0.25) is 0 Å². The van der Waals surface area contributed by atoms with Gasteiger partial charge in [-0.2, -0.15) is 4.39 Å². The van der Waals surface area contributed by atoms with Crippen LogP contribution >= 0.6 is 0 Å². The number of unbranched alkanes of at least 4 members (excludes halogenated alkanes) is 1. The molecule has 0 radical (unpaired) electrons. The third-order valence-electron chi connectivity index (χ3n) is 1.80. The Balaban J connectivity index is 3.97. The number of aliphatic imine (C=N–C) groups is 1. The van der Waals surface area contributed by atoms with Crippen molar-refractivity contribution in [3.8, 4) is 0 Å². The molecule has 0 heterocycles. The molecule has 80 valence electrons. The molecule has 0 atom stereocenters. The normalized spacial score (nSPS) is 14.0. The second-order valence-corrected chi connectivity index (χ2v) is 3.36. The molecule has 0 aromatic carbocycles. The molecular formula is C12H20FN. The van der Waals surface area contributed by atoms with Gasteiger partial charge in [-0.1, -0.05) is 32.3 Å². The van der Waals surface area contributed by atoms with Gasteiger partial charge in [0.2, 0.25) is 5.95 Å². The summed E-state index contributed by atoms with van der Waals surface area (Å²) in [4.78, 5) is 3.68. The lowest BCUT2D eigenvalue weighted by atomic mass is 10.2. The van der Waals surface area contributed by atoms with Crippen LogP contribution in [0, 0.1) is 0 Å². The van der Waals surface area contributed by atoms with Crippen LogP contribution in [0.4, 0.5) is 4.39 Å². The molecule has 0 saturated heterocycles. The molecule has 0 rings (SSSR count). The molecule has 0 bridgehead atoms. The van der Waals surface area contributed by atoms with Gasteiger partial charge in [0.15, 0.2) is 0 Å². The first-order valence-corrected chi connectivity index (χ1v) is 5.26. The molecule has 0 unspecified atom stereocenters. The summed E-state index contributed by atoms with van der Waals surface area (Å²) in [6, 6.07) is 0. The molecule has 0 aliphatic carbocycles. The van der Waals surface area contributed by atoms with Crippen molar-refractivity contribution in [2.24, 2.45) is 4.99 Å². The Kier molecular flexibility index (Phi) is 8.10. The summed E-state index contributed by atoms with van der Waals surface area (Å²) >= 11 is 0. The van der Waals surface area contributed by atoms with E-state index in [2.05, 4.69) is 11.9 Å². The fourth-order valence-electron chi connectivity index (χ4n) is 1.03. The topological polar surface area (TPSA) is 12.4 Å². The zero-order valence-corrected chi connectivity index (χ0v) is 9.39. The SMILES string of the molecule is CCC/C=C(F)/N=C\C=C(/C)CCC. The van der Waals surface area contributed by atoms with E-state index in [-0.39, 0.29) is 5.95 Å². The first kappa shape index (κ1) is 13.1. The van der Waals surface area contributed by atoms with Crippen molar-refractivity contribution in [1.29, 1.82) is 0 Å². The standard InChI is InChI=1S/C12H20FN/c1-4-6-8-12(13)14-10-9-11(3)7-5-2/h8-10H,4-7H2,1-3H3/b11-9+,12-8+,14-10-. The fourth-order valence-corrected chi connectivity index (χ4v) is 1.03. The number of hydrogen-bond donors (Lipinski definition) is 0. The molecule has 0 aromatic rings. The lowest BCUT2D eigenvalue weighted by Gasteiger charge is -1.92. The van der Waals surface area contributed by atoms with Crippen molar-refractivity contribution in [2.75, 3.05) is 0 Å². The summed E-state index contributed by atoms with van der Waals surface area (Å²) in [6.45, 7) is 6.16. The van der Waals surface area contributed by atoms with E-state index in [1.807, 2.05) is 19.9 Å². The second-order valence-electron chi connectivity index (χ2n) is 3.36. The van der Waals surface area contributed by atoms with Crippen molar-refractivity contribution in [3.63, 3.8) is 0 Å². The maximum absolute atomic E-state index is 12.9. The molecule has 0 aliphatic rings. The number of hydrogen-bond acceptors (Lipinski definition) is 1. The molecule has 0 spiro atoms. The van der Waals surface area contributed by atoms with Gasteiger partial charge in [-0.15, -0.1) is 0 Å². The Morgan fingerprint density at radius 3 is 2.57 bits per heavy atom. The molecule has 0 saturated carbocycles. The van der Waals surface area contributed by atoms with Crippen molar-refractivity contribution in [2.45, 2.75) is 46.5 Å². The molecule has 0 aromatic heterocycles. The number of allylic oxidation sites excluding steroid dienone is 3. The highest BCUT2D eigenvalue weighted by Gasteiger charge is 1.87. The summed E-state index contributed by atoms with van der Waals surface area (Å²) in [5, 5.41) is 0. The summed E-state index contributed by atoms with van der Waals surface area (Å²) in [5.41, 5.74) is 1.24. The molecule has 0 N–H and O–H groups in total. The van der Waals surface area contributed by atoms with Gasteiger partial charge in [0, 0.05) is 6.21 Å². The molecule has 2 heteroatoms. The van der Waals surface area contributed by atoms with Crippen LogP contribution in [0.3, 0.4) is 0 Å². The highest BCUT2D eigenvalue weighted by molar-refractivity contribution is 5.72. The maximum atomic E-state index is 12.9. The van der Waals surface area contributed by atoms with E-state index in [1.165, 1.54) is 17.9 Å². The fraction of sp³-hybridized carbons (Fsp3) is 0.583. The Morgan fingerprint density at radius 2 is 2.00 bits per heavy atom. The highest BCUT2D eigenvalue weighted by Crippen LogP contribution is 2.03. The lowest BCUT2D eigenvalue weighted by Crippen LogP contribution is -1.77. The molecule has 0 amide bonds. The Bertz CT molecular complexity index is 226. The van der Waals surface area contributed by atoms with Crippen LogP contribution in [-0.2, 0) is 0 Å². The summed E-state index contributed by atoms with van der Waals surface area (Å²) in [7, 11) is 0. The van der Waals surface area contributed by atoms with E-state index in [9.17, 15) is 4.39 Å². The van der Waals surface area contributed by atoms with Crippen LogP contribution < -0.4 is 0 Å². The monoisotopic (exact) mass is 197 g/mol. The van der Waals surface area contributed by atoms with Crippen LogP contribution in [0.5, 0.6) is 0 Å². The van der Waals surface area contributed by atoms with Gasteiger partial charge < -0.3 is 0 Å². The quantitative estimate of drug-likeness (QED) is 0.441. The van der Waals surface area contributed by atoms with Crippen LogP contribution in [0.2, 0.25) is 0 Å². The lowest BCUT2D eigenvalue weighted by molar-refractivity contribution is 0.621. The smallest absolute Gasteiger partial charge is 0.208 e. The van der Waals surface area contributed by atoms with Crippen LogP contribution in [0.15, 0.2) is 28.7 Å². The van der Waals surface area contributed by atoms with Crippen molar-refractivity contribution in [1.82, 2.24) is 0 Å². The van der Waals surface area contributed by atoms with E-state index in [0.717, 1.165) is 25.7 Å². The predicted molar refractivity (Wildman–Crippen MR) is 61.3 cm³/mol. The van der Waals surface area contributed by atoms with Gasteiger partial charge in [-0.25, -0.2) is 4.99 Å². The van der Waals surface area contributed by atoms with Gasteiger partial charge >= 0.3 is 0 Å². The predicted octanol–water partition coefficient (Wildman–Crippen LogP) is 4.41. The second kappa shape index (κ2) is 8.67. The van der Waals surface area contributed by atoms with E-state index < -0.39 is 0 Å². The molecular weight excluding hydrogens is 177 g/mol. The Hall–Kier alpha value is -0.920. The van der Waals surface area contributed by atoms with E-state index in [4.69, 9.17) is 0 Å². The largest absolute Gasteiger partial charge is 0.229 e. The van der Waals surface area contributed by atoms with Crippen LogP contribution in [-0.4, -0.2) is 6.21 Å². The maximum Gasteiger partial charge on any atom is 0.208 e. The summed E-state index contributed by atoms with van der Waals surface area (Å²) in [5.74, 6) is -0.382. The Morgan fingerprint density at radius 1 is 1.29 bits per heavy atom. The van der Waals surface area contributed by atoms with Crippen molar-refractivity contribution < 1.29 is 4.39 Å². The molecule has 14 heavy (non-hydrogen) atoms. The van der Waals surface area contributed by atoms with Crippen molar-refractivity contribution in [3.05, 3.63) is 23.7 Å². The Labute approximate surface area is 86.4 Å². The van der Waals surface area contributed by atoms with Crippen LogP contribution in [0.1, 0.15) is 46.5 Å². The zero-order valence-electron chi connectivity index (χ0n) is 9.39. The number of rotatable bonds is 6. The van der Waals surface area contributed by atoms with E-state index in [0.29, 0.717) is 0 Å². The minimum Gasteiger partial charge on any atom is -0.229 e.